The molecule has 2 aromatic heterocycles. The average molecular weight is 272 g/mol. The molecule has 0 aliphatic heterocycles. The van der Waals surface area contributed by atoms with E-state index in [4.69, 9.17) is 0 Å². The van der Waals surface area contributed by atoms with Crippen LogP contribution in [0, 0.1) is 5.92 Å². The molecule has 0 spiro atoms. The third kappa shape index (κ3) is 2.53. The number of amides is 1. The summed E-state index contributed by atoms with van der Waals surface area (Å²) in [4.78, 5) is 12.3. The Morgan fingerprint density at radius 3 is 2.90 bits per heavy atom. The topological polar surface area (TPSA) is 59.3 Å². The van der Waals surface area contributed by atoms with Crippen LogP contribution in [0.25, 0.3) is 5.65 Å². The quantitative estimate of drug-likeness (QED) is 0.933. The first-order valence-electron chi connectivity index (χ1n) is 7.36. The number of nitrogens with zero attached hydrogens (tertiary/aromatic N) is 3. The van der Waals surface area contributed by atoms with Crippen LogP contribution in [0.15, 0.2) is 24.4 Å². The Morgan fingerprint density at radius 2 is 2.10 bits per heavy atom. The van der Waals surface area contributed by atoms with E-state index in [0.29, 0.717) is 0 Å². The summed E-state index contributed by atoms with van der Waals surface area (Å²) in [5, 5.41) is 11.4. The van der Waals surface area contributed by atoms with Crippen molar-refractivity contribution in [3.8, 4) is 0 Å². The van der Waals surface area contributed by atoms with E-state index in [9.17, 15) is 4.79 Å². The first-order chi connectivity index (χ1) is 9.75. The maximum absolute atomic E-state index is 12.3. The molecular formula is C15H20N4O. The lowest BCUT2D eigenvalue weighted by Crippen LogP contribution is -2.34. The molecule has 0 bridgehead atoms. The number of carbonyl (C=O) groups is 1. The van der Waals surface area contributed by atoms with Crippen molar-refractivity contribution in [1.29, 1.82) is 0 Å². The molecule has 0 saturated heterocycles. The highest BCUT2D eigenvalue weighted by Gasteiger charge is 2.23. The first-order valence-corrected chi connectivity index (χ1v) is 7.36. The fraction of sp³-hybridized carbons (Fsp3) is 0.533. The average Bonchev–Trinajstić information content (AvgIpc) is 2.92. The molecule has 0 radical (unpaired) electrons. The summed E-state index contributed by atoms with van der Waals surface area (Å²) in [5.74, 6) is 1.11. The van der Waals surface area contributed by atoms with Gasteiger partial charge in [0, 0.05) is 12.1 Å². The van der Waals surface area contributed by atoms with Crippen molar-refractivity contribution in [2.75, 3.05) is 0 Å². The normalized spacial score (nSPS) is 18.1. The summed E-state index contributed by atoms with van der Waals surface area (Å²) in [6.45, 7) is 1.96. The maximum atomic E-state index is 12.3. The van der Waals surface area contributed by atoms with Gasteiger partial charge in [-0.25, -0.2) is 0 Å². The monoisotopic (exact) mass is 272 g/mol. The van der Waals surface area contributed by atoms with Crippen molar-refractivity contribution in [2.24, 2.45) is 5.92 Å². The molecule has 1 N–H and O–H groups in total. The highest BCUT2D eigenvalue weighted by molar-refractivity contribution is 5.79. The molecule has 5 nitrogen and oxygen atoms in total. The summed E-state index contributed by atoms with van der Waals surface area (Å²) in [7, 11) is 0. The van der Waals surface area contributed by atoms with E-state index < -0.39 is 0 Å². The van der Waals surface area contributed by atoms with E-state index in [0.717, 1.165) is 24.3 Å². The third-order valence-corrected chi connectivity index (χ3v) is 4.06. The van der Waals surface area contributed by atoms with Crippen LogP contribution in [0.4, 0.5) is 0 Å². The standard InChI is InChI=1S/C15H20N4O/c1-11(16-15(20)12-7-3-2-4-8-12)14-18-17-13-9-5-6-10-19(13)14/h5-6,9-12H,2-4,7-8H2,1H3,(H,16,20)/t11-/m1/s1. The van der Waals surface area contributed by atoms with Crippen LogP contribution < -0.4 is 5.32 Å². The molecule has 20 heavy (non-hydrogen) atoms. The van der Waals surface area contributed by atoms with E-state index in [1.165, 1.54) is 19.3 Å². The predicted molar refractivity (Wildman–Crippen MR) is 76.1 cm³/mol. The van der Waals surface area contributed by atoms with Gasteiger partial charge in [-0.15, -0.1) is 10.2 Å². The van der Waals surface area contributed by atoms with Crippen molar-refractivity contribution in [3.05, 3.63) is 30.2 Å². The zero-order valence-corrected chi connectivity index (χ0v) is 11.7. The first kappa shape index (κ1) is 13.1. The minimum absolute atomic E-state index is 0.123. The number of carbonyl (C=O) groups excluding carboxylic acids is 1. The molecule has 2 aromatic rings. The molecule has 0 unspecified atom stereocenters. The lowest BCUT2D eigenvalue weighted by molar-refractivity contribution is -0.126. The minimum Gasteiger partial charge on any atom is -0.346 e. The van der Waals surface area contributed by atoms with Crippen LogP contribution in [0.5, 0.6) is 0 Å². The zero-order valence-electron chi connectivity index (χ0n) is 11.7. The van der Waals surface area contributed by atoms with Crippen molar-refractivity contribution in [2.45, 2.75) is 45.1 Å². The van der Waals surface area contributed by atoms with Crippen LogP contribution in [-0.2, 0) is 4.79 Å². The Labute approximate surface area is 118 Å². The van der Waals surface area contributed by atoms with Crippen LogP contribution in [0.2, 0.25) is 0 Å². The van der Waals surface area contributed by atoms with Crippen molar-refractivity contribution < 1.29 is 4.79 Å². The number of hydrogen-bond donors (Lipinski definition) is 1. The number of rotatable bonds is 3. The Hall–Kier alpha value is -1.91. The Morgan fingerprint density at radius 1 is 1.30 bits per heavy atom. The highest BCUT2D eigenvalue weighted by Crippen LogP contribution is 2.24. The SMILES string of the molecule is C[C@@H](NC(=O)C1CCCCC1)c1nnc2ccccn12. The van der Waals surface area contributed by atoms with Gasteiger partial charge in [-0.1, -0.05) is 25.3 Å². The smallest absolute Gasteiger partial charge is 0.223 e. The van der Waals surface area contributed by atoms with Crippen LogP contribution in [-0.4, -0.2) is 20.5 Å². The van der Waals surface area contributed by atoms with Gasteiger partial charge in [0.2, 0.25) is 5.91 Å². The number of aromatic nitrogens is 3. The largest absolute Gasteiger partial charge is 0.346 e. The molecule has 1 aliphatic rings. The highest BCUT2D eigenvalue weighted by atomic mass is 16.1. The predicted octanol–water partition coefficient (Wildman–Crippen LogP) is 2.49. The second kappa shape index (κ2) is 5.61. The molecule has 2 heterocycles. The number of hydrogen-bond acceptors (Lipinski definition) is 3. The fourth-order valence-corrected chi connectivity index (χ4v) is 2.92. The second-order valence-corrected chi connectivity index (χ2v) is 5.55. The molecule has 1 atom stereocenters. The van der Waals surface area contributed by atoms with E-state index in [-0.39, 0.29) is 17.9 Å². The molecule has 106 valence electrons. The maximum Gasteiger partial charge on any atom is 0.223 e. The van der Waals surface area contributed by atoms with E-state index in [1.54, 1.807) is 0 Å². The Bertz CT molecular complexity index is 601. The van der Waals surface area contributed by atoms with Gasteiger partial charge < -0.3 is 5.32 Å². The zero-order chi connectivity index (χ0) is 13.9. The number of nitrogens with one attached hydrogen (secondary N) is 1. The molecule has 1 aliphatic carbocycles. The van der Waals surface area contributed by atoms with Gasteiger partial charge in [0.25, 0.3) is 0 Å². The van der Waals surface area contributed by atoms with Gasteiger partial charge in [0.1, 0.15) is 0 Å². The van der Waals surface area contributed by atoms with Crippen molar-refractivity contribution in [1.82, 2.24) is 19.9 Å². The Balaban J connectivity index is 1.72. The number of pyridine rings is 1. The van der Waals surface area contributed by atoms with E-state index >= 15 is 0 Å². The van der Waals surface area contributed by atoms with Crippen LogP contribution in [0.1, 0.15) is 50.9 Å². The van der Waals surface area contributed by atoms with Gasteiger partial charge in [-0.3, -0.25) is 9.20 Å². The van der Waals surface area contributed by atoms with Gasteiger partial charge >= 0.3 is 0 Å². The number of fused-ring (bicyclic) bond motifs is 1. The molecule has 1 fully saturated rings. The van der Waals surface area contributed by atoms with Crippen molar-refractivity contribution >= 4 is 11.6 Å². The molecule has 1 saturated carbocycles. The molecular weight excluding hydrogens is 252 g/mol. The summed E-state index contributed by atoms with van der Waals surface area (Å²) >= 11 is 0. The van der Waals surface area contributed by atoms with Gasteiger partial charge in [0.15, 0.2) is 11.5 Å². The fourth-order valence-electron chi connectivity index (χ4n) is 2.92. The van der Waals surface area contributed by atoms with Gasteiger partial charge in [-0.2, -0.15) is 0 Å². The van der Waals surface area contributed by atoms with Gasteiger partial charge in [-0.05, 0) is 31.9 Å². The van der Waals surface area contributed by atoms with E-state index in [1.807, 2.05) is 35.7 Å². The Kier molecular flexibility index (Phi) is 3.67. The van der Waals surface area contributed by atoms with Gasteiger partial charge in [0.05, 0.1) is 6.04 Å². The lowest BCUT2D eigenvalue weighted by Gasteiger charge is -2.22. The molecule has 5 heteroatoms. The van der Waals surface area contributed by atoms with Crippen LogP contribution in [0.3, 0.4) is 0 Å². The summed E-state index contributed by atoms with van der Waals surface area (Å²) in [6, 6.07) is 5.66. The van der Waals surface area contributed by atoms with E-state index in [2.05, 4.69) is 15.5 Å². The van der Waals surface area contributed by atoms with Crippen LogP contribution >= 0.6 is 0 Å². The minimum atomic E-state index is -0.123. The molecule has 3 rings (SSSR count). The second-order valence-electron chi connectivity index (χ2n) is 5.55. The van der Waals surface area contributed by atoms with Crippen molar-refractivity contribution in [3.63, 3.8) is 0 Å². The summed E-state index contributed by atoms with van der Waals surface area (Å²) < 4.78 is 1.92. The lowest BCUT2D eigenvalue weighted by atomic mass is 9.88. The summed E-state index contributed by atoms with van der Waals surface area (Å²) in [6.07, 6.45) is 7.54. The molecule has 1 amide bonds. The molecule has 0 aromatic carbocycles. The third-order valence-electron chi connectivity index (χ3n) is 4.06. The summed E-state index contributed by atoms with van der Waals surface area (Å²) in [5.41, 5.74) is 0.807.